The zero-order valence-electron chi connectivity index (χ0n) is 27.0. The van der Waals surface area contributed by atoms with Crippen molar-refractivity contribution >= 4 is 23.7 Å². The number of carbonyl (C=O) groups is 4. The summed E-state index contributed by atoms with van der Waals surface area (Å²) >= 11 is 0. The summed E-state index contributed by atoms with van der Waals surface area (Å²) in [6.07, 6.45) is 19.4. The zero-order valence-corrected chi connectivity index (χ0v) is 27.0. The molecule has 3 atom stereocenters. The van der Waals surface area contributed by atoms with Crippen molar-refractivity contribution in [2.45, 2.75) is 136 Å². The minimum absolute atomic E-state index is 0.193. The summed E-state index contributed by atoms with van der Waals surface area (Å²) in [5.41, 5.74) is 0. The van der Waals surface area contributed by atoms with Crippen LogP contribution in [0.25, 0.3) is 0 Å². The van der Waals surface area contributed by atoms with E-state index in [9.17, 15) is 19.2 Å². The minimum Gasteiger partial charge on any atom is -0.464 e. The Labute approximate surface area is 250 Å². The van der Waals surface area contributed by atoms with Crippen LogP contribution in [0.2, 0.25) is 0 Å². The molecule has 0 saturated carbocycles. The predicted octanol–water partition coefficient (Wildman–Crippen LogP) is 4.79. The highest BCUT2D eigenvalue weighted by molar-refractivity contribution is 5.93. The largest absolute Gasteiger partial charge is 0.464 e. The van der Waals surface area contributed by atoms with Gasteiger partial charge in [0.1, 0.15) is 18.1 Å². The second-order valence-corrected chi connectivity index (χ2v) is 12.1. The van der Waals surface area contributed by atoms with Crippen LogP contribution in [0.5, 0.6) is 0 Å². The van der Waals surface area contributed by atoms with E-state index in [1.807, 2.05) is 14.1 Å². The lowest BCUT2D eigenvalue weighted by atomic mass is 10.0. The van der Waals surface area contributed by atoms with Crippen molar-refractivity contribution in [1.82, 2.24) is 16.0 Å². The molecule has 0 aliphatic heterocycles. The van der Waals surface area contributed by atoms with Crippen LogP contribution in [0, 0.1) is 0 Å². The molecule has 0 radical (unpaired) electrons. The van der Waals surface area contributed by atoms with Gasteiger partial charge in [-0.15, -0.1) is 0 Å². The molecule has 3 unspecified atom stereocenters. The summed E-state index contributed by atoms with van der Waals surface area (Å²) in [6.45, 7) is 11.7. The van der Waals surface area contributed by atoms with Crippen LogP contribution in [-0.2, 0) is 23.9 Å². The monoisotopic (exact) mass is 581 g/mol. The maximum absolute atomic E-state index is 12.5. The normalized spacial score (nSPS) is 13.5. The first-order valence-electron chi connectivity index (χ1n) is 15.9. The Kier molecular flexibility index (Phi) is 21.8. The third kappa shape index (κ3) is 21.0. The van der Waals surface area contributed by atoms with Crippen LogP contribution < -0.4 is 16.0 Å². The summed E-state index contributed by atoms with van der Waals surface area (Å²) in [5.74, 6) is -1.75. The van der Waals surface area contributed by atoms with E-state index in [0.717, 1.165) is 19.3 Å². The van der Waals surface area contributed by atoms with Crippen molar-refractivity contribution in [1.29, 1.82) is 0 Å². The molecule has 0 bridgehead atoms. The molecule has 3 N–H and O–H groups in total. The van der Waals surface area contributed by atoms with E-state index in [1.54, 1.807) is 19.9 Å². The Balaban J connectivity index is 3.99. The molecule has 0 saturated heterocycles. The van der Waals surface area contributed by atoms with E-state index in [2.05, 4.69) is 29.5 Å². The number of rotatable bonds is 25. The van der Waals surface area contributed by atoms with E-state index in [1.165, 1.54) is 77.6 Å². The fourth-order valence-electron chi connectivity index (χ4n) is 4.55. The first kappa shape index (κ1) is 38.6. The highest BCUT2D eigenvalue weighted by Gasteiger charge is 2.26. The molecule has 238 valence electrons. The zero-order chi connectivity index (χ0) is 31.1. The van der Waals surface area contributed by atoms with Gasteiger partial charge in [0, 0.05) is 0 Å². The summed E-state index contributed by atoms with van der Waals surface area (Å²) in [6, 6.07) is -2.51. The molecule has 0 aromatic carbocycles. The molecule has 9 nitrogen and oxygen atoms in total. The van der Waals surface area contributed by atoms with Crippen LogP contribution in [0.4, 0.5) is 0 Å². The minimum atomic E-state index is -0.879. The summed E-state index contributed by atoms with van der Waals surface area (Å²) < 4.78 is 5.73. The molecule has 41 heavy (non-hydrogen) atoms. The van der Waals surface area contributed by atoms with Crippen LogP contribution in [0.15, 0.2) is 12.7 Å². The molecule has 0 fully saturated rings. The Morgan fingerprint density at radius 3 is 1.56 bits per heavy atom. The highest BCUT2D eigenvalue weighted by atomic mass is 16.5. The van der Waals surface area contributed by atoms with Gasteiger partial charge in [0.25, 0.3) is 5.91 Å². The Morgan fingerprint density at radius 1 is 0.683 bits per heavy atom. The van der Waals surface area contributed by atoms with Gasteiger partial charge in [0.2, 0.25) is 11.8 Å². The van der Waals surface area contributed by atoms with E-state index in [0.29, 0.717) is 17.6 Å². The predicted molar refractivity (Wildman–Crippen MR) is 166 cm³/mol. The number of amides is 3. The Bertz CT molecular complexity index is 771. The van der Waals surface area contributed by atoms with Crippen molar-refractivity contribution in [3.8, 4) is 0 Å². The molecule has 0 rings (SSSR count). The van der Waals surface area contributed by atoms with Gasteiger partial charge in [0.15, 0.2) is 6.54 Å². The Morgan fingerprint density at radius 2 is 1.10 bits per heavy atom. The maximum atomic E-state index is 12.5. The Hall–Kier alpha value is -2.42. The van der Waals surface area contributed by atoms with E-state index < -0.39 is 35.9 Å². The fourth-order valence-corrected chi connectivity index (χ4v) is 4.55. The van der Waals surface area contributed by atoms with Crippen LogP contribution in [0.1, 0.15) is 118 Å². The van der Waals surface area contributed by atoms with E-state index in [4.69, 9.17) is 4.74 Å². The number of ether oxygens (including phenoxy) is 1. The number of quaternary nitrogens is 1. The average Bonchev–Trinajstić information content (AvgIpc) is 2.89. The molecule has 0 heterocycles. The second kappa shape index (κ2) is 23.2. The van der Waals surface area contributed by atoms with Crippen molar-refractivity contribution in [2.24, 2.45) is 0 Å². The molecule has 0 aliphatic carbocycles. The number of nitrogens with zero attached hydrogens (tertiary/aromatic N) is 1. The lowest BCUT2D eigenvalue weighted by molar-refractivity contribution is -0.876. The number of likely N-dealkylation sites (N-methyl/N-ethyl adjacent to an activating group) is 1. The number of hydrogen-bond acceptors (Lipinski definition) is 5. The number of carbonyl (C=O) groups excluding carboxylic acids is 4. The van der Waals surface area contributed by atoms with Gasteiger partial charge in [-0.2, -0.15) is 0 Å². The van der Waals surface area contributed by atoms with Crippen molar-refractivity contribution in [3.05, 3.63) is 12.7 Å². The molecule has 0 aromatic rings. The molecule has 9 heteroatoms. The SMILES string of the molecule is C=CC[N+](C)(C)CC(=O)NC(C)C(=O)NC(C)C(=O)NC(C)C(=O)OCCCCCCCCCCCCCCCC. The molecule has 0 spiro atoms. The molecule has 0 aliphatic rings. The fraction of sp³-hybridized carbons (Fsp3) is 0.812. The van der Waals surface area contributed by atoms with Crippen LogP contribution in [0.3, 0.4) is 0 Å². The third-order valence-corrected chi connectivity index (χ3v) is 7.17. The quantitative estimate of drug-likeness (QED) is 0.0621. The van der Waals surface area contributed by atoms with Gasteiger partial charge in [-0.3, -0.25) is 14.4 Å². The summed E-state index contributed by atoms with van der Waals surface area (Å²) in [4.78, 5) is 49.5. The third-order valence-electron chi connectivity index (χ3n) is 7.17. The van der Waals surface area contributed by atoms with E-state index in [-0.39, 0.29) is 12.5 Å². The number of hydrogen-bond donors (Lipinski definition) is 3. The van der Waals surface area contributed by atoms with Crippen LogP contribution in [-0.4, -0.2) is 80.1 Å². The van der Waals surface area contributed by atoms with E-state index >= 15 is 0 Å². The van der Waals surface area contributed by atoms with Gasteiger partial charge in [0.05, 0.1) is 27.2 Å². The topological polar surface area (TPSA) is 114 Å². The molecular formula is C32H61N4O5+. The highest BCUT2D eigenvalue weighted by Crippen LogP contribution is 2.13. The number of esters is 1. The first-order valence-corrected chi connectivity index (χ1v) is 15.9. The standard InChI is InChI=1S/C32H60N4O5/c1-8-10-11-12-13-14-15-16-17-18-19-20-21-22-24-41-32(40)28(5)35-31(39)27(4)34-30(38)26(3)33-29(37)25-36(6,7)23-9-2/h9,26-28H,2,8,10-25H2,1,3-7H3,(H2-,33,34,35,37,38,39)/p+1. The molecular weight excluding hydrogens is 520 g/mol. The number of nitrogens with one attached hydrogen (secondary N) is 3. The lowest BCUT2D eigenvalue weighted by Crippen LogP contribution is -2.55. The average molecular weight is 582 g/mol. The van der Waals surface area contributed by atoms with Gasteiger partial charge < -0.3 is 25.2 Å². The van der Waals surface area contributed by atoms with Gasteiger partial charge in [-0.1, -0.05) is 97.0 Å². The summed E-state index contributed by atoms with van der Waals surface area (Å²) in [5, 5.41) is 7.81. The van der Waals surface area contributed by atoms with Gasteiger partial charge in [-0.25, -0.2) is 4.79 Å². The van der Waals surface area contributed by atoms with Crippen molar-refractivity contribution in [3.63, 3.8) is 0 Å². The van der Waals surface area contributed by atoms with Crippen LogP contribution >= 0.6 is 0 Å². The molecule has 0 aromatic heterocycles. The summed E-state index contributed by atoms with van der Waals surface area (Å²) in [7, 11) is 3.79. The van der Waals surface area contributed by atoms with Gasteiger partial charge in [-0.05, 0) is 33.3 Å². The maximum Gasteiger partial charge on any atom is 0.328 e. The number of unbranched alkanes of at least 4 members (excludes halogenated alkanes) is 13. The van der Waals surface area contributed by atoms with Crippen molar-refractivity contribution < 1.29 is 28.4 Å². The van der Waals surface area contributed by atoms with Gasteiger partial charge >= 0.3 is 5.97 Å². The first-order chi connectivity index (χ1) is 19.4. The second-order valence-electron chi connectivity index (χ2n) is 12.1. The lowest BCUT2D eigenvalue weighted by Gasteiger charge is -2.28. The molecule has 3 amide bonds. The van der Waals surface area contributed by atoms with Crippen molar-refractivity contribution in [2.75, 3.05) is 33.8 Å². The smallest absolute Gasteiger partial charge is 0.328 e.